The summed E-state index contributed by atoms with van der Waals surface area (Å²) < 4.78 is 1.94. The lowest BCUT2D eigenvalue weighted by molar-refractivity contribution is 0.356. The highest BCUT2D eigenvalue weighted by Gasteiger charge is 2.30. The van der Waals surface area contributed by atoms with Crippen molar-refractivity contribution >= 4 is 11.6 Å². The summed E-state index contributed by atoms with van der Waals surface area (Å²) in [7, 11) is 4.06. The number of nitrogens with one attached hydrogen (secondary N) is 1. The van der Waals surface area contributed by atoms with Crippen molar-refractivity contribution in [3.63, 3.8) is 0 Å². The Balaban J connectivity index is 2.07. The molecule has 1 aliphatic carbocycles. The van der Waals surface area contributed by atoms with Crippen LogP contribution in [0.2, 0.25) is 5.02 Å². The lowest BCUT2D eigenvalue weighted by Gasteiger charge is -2.23. The molecule has 1 heterocycles. The van der Waals surface area contributed by atoms with E-state index >= 15 is 0 Å². The van der Waals surface area contributed by atoms with Gasteiger partial charge >= 0.3 is 0 Å². The number of rotatable bonds is 5. The first-order valence-electron chi connectivity index (χ1n) is 7.42. The Morgan fingerprint density at radius 2 is 2.21 bits per heavy atom. The summed E-state index contributed by atoms with van der Waals surface area (Å²) in [4.78, 5) is 0. The van der Waals surface area contributed by atoms with Crippen molar-refractivity contribution < 1.29 is 0 Å². The summed E-state index contributed by atoms with van der Waals surface area (Å²) in [5, 5.41) is 8.75. The standard InChI is InChI=1S/C15H26ClN3/c1-5-11-6-7-12(8-11)13(17-3)9-14-15(16)10(2)18-19(14)4/h11-13,17H,5-9H2,1-4H3. The van der Waals surface area contributed by atoms with Gasteiger partial charge in [-0.05, 0) is 38.6 Å². The monoisotopic (exact) mass is 283 g/mol. The number of nitrogens with zero attached hydrogens (tertiary/aromatic N) is 2. The summed E-state index contributed by atoms with van der Waals surface area (Å²) in [6.07, 6.45) is 6.39. The molecule has 1 aromatic heterocycles. The van der Waals surface area contributed by atoms with Crippen LogP contribution in [0.4, 0.5) is 0 Å². The average Bonchev–Trinajstić information content (AvgIpc) is 2.95. The second-order valence-corrected chi connectivity index (χ2v) is 6.29. The molecule has 108 valence electrons. The number of likely N-dealkylation sites (N-methyl/N-ethyl adjacent to an activating group) is 1. The van der Waals surface area contributed by atoms with Gasteiger partial charge in [0.1, 0.15) is 0 Å². The van der Waals surface area contributed by atoms with Crippen molar-refractivity contribution in [2.45, 2.75) is 52.0 Å². The first kappa shape index (κ1) is 14.9. The minimum atomic E-state index is 0.517. The van der Waals surface area contributed by atoms with E-state index in [4.69, 9.17) is 11.6 Å². The maximum absolute atomic E-state index is 6.37. The lowest BCUT2D eigenvalue weighted by Crippen LogP contribution is -2.35. The van der Waals surface area contributed by atoms with Gasteiger partial charge in [0.15, 0.2) is 0 Å². The molecule has 0 amide bonds. The number of aromatic nitrogens is 2. The number of hydrogen-bond donors (Lipinski definition) is 1. The van der Waals surface area contributed by atoms with Crippen LogP contribution in [0.5, 0.6) is 0 Å². The van der Waals surface area contributed by atoms with Crippen molar-refractivity contribution in [1.82, 2.24) is 15.1 Å². The van der Waals surface area contributed by atoms with E-state index in [1.165, 1.54) is 31.4 Å². The molecule has 3 atom stereocenters. The summed E-state index contributed by atoms with van der Waals surface area (Å²) in [5.74, 6) is 1.70. The van der Waals surface area contributed by atoms with E-state index in [0.29, 0.717) is 6.04 Å². The predicted molar refractivity (Wildman–Crippen MR) is 80.6 cm³/mol. The van der Waals surface area contributed by atoms with Gasteiger partial charge in [-0.15, -0.1) is 0 Å². The van der Waals surface area contributed by atoms with Gasteiger partial charge in [-0.2, -0.15) is 5.10 Å². The van der Waals surface area contributed by atoms with Crippen LogP contribution in [0.1, 0.15) is 44.0 Å². The van der Waals surface area contributed by atoms with Gasteiger partial charge in [0, 0.05) is 19.5 Å². The first-order chi connectivity index (χ1) is 9.06. The largest absolute Gasteiger partial charge is 0.316 e. The van der Waals surface area contributed by atoms with Crippen molar-refractivity contribution in [1.29, 1.82) is 0 Å². The highest BCUT2D eigenvalue weighted by Crippen LogP contribution is 2.36. The summed E-state index contributed by atoms with van der Waals surface area (Å²) >= 11 is 6.37. The minimum Gasteiger partial charge on any atom is -0.316 e. The molecule has 1 saturated carbocycles. The van der Waals surface area contributed by atoms with Crippen molar-refractivity contribution in [3.05, 3.63) is 16.4 Å². The molecule has 1 fully saturated rings. The molecule has 0 bridgehead atoms. The topological polar surface area (TPSA) is 29.9 Å². The number of halogens is 1. The van der Waals surface area contributed by atoms with Crippen LogP contribution < -0.4 is 5.32 Å². The van der Waals surface area contributed by atoms with Crippen LogP contribution in [0.25, 0.3) is 0 Å². The maximum Gasteiger partial charge on any atom is 0.0847 e. The third-order valence-corrected chi connectivity index (χ3v) is 5.27. The molecule has 1 aromatic rings. The average molecular weight is 284 g/mol. The summed E-state index contributed by atoms with van der Waals surface area (Å²) in [5.41, 5.74) is 2.10. The molecule has 0 aromatic carbocycles. The Bertz CT molecular complexity index is 427. The van der Waals surface area contributed by atoms with Gasteiger partial charge in [0.25, 0.3) is 0 Å². The van der Waals surface area contributed by atoms with Crippen LogP contribution >= 0.6 is 11.6 Å². The van der Waals surface area contributed by atoms with E-state index in [1.807, 2.05) is 18.7 Å². The second kappa shape index (κ2) is 6.27. The highest BCUT2D eigenvalue weighted by atomic mass is 35.5. The Morgan fingerprint density at radius 3 is 2.68 bits per heavy atom. The number of hydrogen-bond acceptors (Lipinski definition) is 2. The zero-order valence-electron chi connectivity index (χ0n) is 12.5. The molecule has 0 aliphatic heterocycles. The highest BCUT2D eigenvalue weighted by molar-refractivity contribution is 6.31. The third-order valence-electron chi connectivity index (χ3n) is 4.77. The van der Waals surface area contributed by atoms with Gasteiger partial charge < -0.3 is 5.32 Å². The second-order valence-electron chi connectivity index (χ2n) is 5.92. The van der Waals surface area contributed by atoms with Gasteiger partial charge in [-0.3, -0.25) is 4.68 Å². The number of aryl methyl sites for hydroxylation is 2. The van der Waals surface area contributed by atoms with Crippen LogP contribution in [-0.4, -0.2) is 22.9 Å². The SMILES string of the molecule is CCC1CCC(C(Cc2c(Cl)c(C)nn2C)NC)C1. The van der Waals surface area contributed by atoms with Crippen molar-refractivity contribution in [2.24, 2.45) is 18.9 Å². The van der Waals surface area contributed by atoms with Gasteiger partial charge in [-0.1, -0.05) is 31.4 Å². The summed E-state index contributed by atoms with van der Waals surface area (Å²) in [6, 6.07) is 0.517. The quantitative estimate of drug-likeness (QED) is 0.898. The molecule has 0 spiro atoms. The molecule has 3 nitrogen and oxygen atoms in total. The summed E-state index contributed by atoms with van der Waals surface area (Å²) in [6.45, 7) is 4.28. The molecular formula is C15H26ClN3. The fourth-order valence-corrected chi connectivity index (χ4v) is 3.70. The van der Waals surface area contributed by atoms with E-state index < -0.39 is 0 Å². The Morgan fingerprint density at radius 1 is 1.47 bits per heavy atom. The van der Waals surface area contributed by atoms with E-state index in [9.17, 15) is 0 Å². The van der Waals surface area contributed by atoms with E-state index in [-0.39, 0.29) is 0 Å². The zero-order valence-corrected chi connectivity index (χ0v) is 13.3. The van der Waals surface area contributed by atoms with Gasteiger partial charge in [-0.25, -0.2) is 0 Å². The molecule has 19 heavy (non-hydrogen) atoms. The maximum atomic E-state index is 6.37. The molecule has 2 rings (SSSR count). The van der Waals surface area contributed by atoms with Crippen molar-refractivity contribution in [2.75, 3.05) is 7.05 Å². The molecule has 3 unspecified atom stereocenters. The van der Waals surface area contributed by atoms with E-state index in [0.717, 1.165) is 29.0 Å². The minimum absolute atomic E-state index is 0.517. The van der Waals surface area contributed by atoms with Crippen LogP contribution in [-0.2, 0) is 13.5 Å². The molecular weight excluding hydrogens is 258 g/mol. The van der Waals surface area contributed by atoms with Crippen molar-refractivity contribution in [3.8, 4) is 0 Å². The molecule has 0 radical (unpaired) electrons. The van der Waals surface area contributed by atoms with Crippen LogP contribution in [0.15, 0.2) is 0 Å². The zero-order chi connectivity index (χ0) is 14.0. The molecule has 1 N–H and O–H groups in total. The Labute approximate surface area is 121 Å². The molecule has 1 aliphatic rings. The van der Waals surface area contributed by atoms with Gasteiger partial charge in [0.05, 0.1) is 16.4 Å². The van der Waals surface area contributed by atoms with Gasteiger partial charge in [0.2, 0.25) is 0 Å². The normalized spacial score (nSPS) is 24.9. The van der Waals surface area contributed by atoms with Crippen LogP contribution in [0.3, 0.4) is 0 Å². The van der Waals surface area contributed by atoms with Crippen LogP contribution in [0, 0.1) is 18.8 Å². The predicted octanol–water partition coefficient (Wildman–Crippen LogP) is 3.34. The third kappa shape index (κ3) is 3.14. The van der Waals surface area contributed by atoms with E-state index in [1.54, 1.807) is 0 Å². The van der Waals surface area contributed by atoms with E-state index in [2.05, 4.69) is 24.4 Å². The lowest BCUT2D eigenvalue weighted by atomic mass is 9.92. The Kier molecular flexibility index (Phi) is 4.91. The fourth-order valence-electron chi connectivity index (χ4n) is 3.46. The fraction of sp³-hybridized carbons (Fsp3) is 0.800. The molecule has 4 heteroatoms. The Hall–Kier alpha value is -0.540. The first-order valence-corrected chi connectivity index (χ1v) is 7.79. The molecule has 0 saturated heterocycles. The smallest absolute Gasteiger partial charge is 0.0847 e.